The number of nitrogens with one attached hydrogen (secondary N) is 1. The van der Waals surface area contributed by atoms with Crippen molar-refractivity contribution in [3.05, 3.63) is 54.4 Å². The molecule has 0 aliphatic carbocycles. The van der Waals surface area contributed by atoms with Gasteiger partial charge in [0.2, 0.25) is 0 Å². The molecule has 3 rings (SSSR count). The Morgan fingerprint density at radius 1 is 1.00 bits per heavy atom. The highest BCUT2D eigenvalue weighted by Gasteiger charge is 2.24. The number of anilines is 1. The normalized spacial score (nSPS) is 18.1. The molecule has 1 unspecified atom stereocenters. The van der Waals surface area contributed by atoms with Gasteiger partial charge < -0.3 is 15.6 Å². The van der Waals surface area contributed by atoms with Crippen LogP contribution in [0, 0.1) is 0 Å². The second-order valence-corrected chi connectivity index (χ2v) is 5.24. The van der Waals surface area contributed by atoms with Gasteiger partial charge in [0.15, 0.2) is 0 Å². The maximum absolute atomic E-state index is 5.97. The highest BCUT2D eigenvalue weighted by atomic mass is 15.3. The molecule has 0 bridgehead atoms. The van der Waals surface area contributed by atoms with Crippen molar-refractivity contribution in [1.82, 2.24) is 9.88 Å². The summed E-state index contributed by atoms with van der Waals surface area (Å²) in [6, 6.07) is 15.1. The Morgan fingerprint density at radius 3 is 2.35 bits per heavy atom. The van der Waals surface area contributed by atoms with Crippen molar-refractivity contribution in [2.24, 2.45) is 5.73 Å². The van der Waals surface area contributed by atoms with Crippen molar-refractivity contribution < 1.29 is 0 Å². The SMILES string of the molecule is NCC(c1ccc[nH]1)N1CCN(c2ccccc2)CC1. The van der Waals surface area contributed by atoms with E-state index in [1.54, 1.807) is 0 Å². The molecule has 1 aromatic heterocycles. The maximum Gasteiger partial charge on any atom is 0.0623 e. The van der Waals surface area contributed by atoms with Crippen LogP contribution in [-0.4, -0.2) is 42.6 Å². The van der Waals surface area contributed by atoms with Crippen molar-refractivity contribution in [3.63, 3.8) is 0 Å². The van der Waals surface area contributed by atoms with Crippen LogP contribution in [0.2, 0.25) is 0 Å². The van der Waals surface area contributed by atoms with Crippen molar-refractivity contribution in [3.8, 4) is 0 Å². The Bertz CT molecular complexity index is 501. The Labute approximate surface area is 120 Å². The van der Waals surface area contributed by atoms with E-state index in [1.165, 1.54) is 11.4 Å². The molecule has 106 valence electrons. The molecule has 4 heteroatoms. The van der Waals surface area contributed by atoms with E-state index in [0.717, 1.165) is 26.2 Å². The van der Waals surface area contributed by atoms with Crippen LogP contribution < -0.4 is 10.6 Å². The second-order valence-electron chi connectivity index (χ2n) is 5.24. The van der Waals surface area contributed by atoms with Gasteiger partial charge in [0.1, 0.15) is 0 Å². The minimum absolute atomic E-state index is 0.308. The lowest BCUT2D eigenvalue weighted by Gasteiger charge is -2.39. The molecule has 0 spiro atoms. The van der Waals surface area contributed by atoms with Gasteiger partial charge in [0.05, 0.1) is 6.04 Å². The van der Waals surface area contributed by atoms with E-state index < -0.39 is 0 Å². The summed E-state index contributed by atoms with van der Waals surface area (Å²) in [6.07, 6.45) is 1.97. The summed E-state index contributed by atoms with van der Waals surface area (Å²) in [5.74, 6) is 0. The second kappa shape index (κ2) is 6.11. The summed E-state index contributed by atoms with van der Waals surface area (Å²) >= 11 is 0. The smallest absolute Gasteiger partial charge is 0.0623 e. The van der Waals surface area contributed by atoms with Crippen molar-refractivity contribution >= 4 is 5.69 Å². The van der Waals surface area contributed by atoms with Crippen LogP contribution in [0.25, 0.3) is 0 Å². The first kappa shape index (κ1) is 13.2. The summed E-state index contributed by atoms with van der Waals surface area (Å²) in [6.45, 7) is 4.87. The lowest BCUT2D eigenvalue weighted by Crippen LogP contribution is -2.49. The van der Waals surface area contributed by atoms with E-state index in [0.29, 0.717) is 12.6 Å². The predicted molar refractivity (Wildman–Crippen MR) is 82.8 cm³/mol. The highest BCUT2D eigenvalue weighted by Crippen LogP contribution is 2.22. The third kappa shape index (κ3) is 2.71. The van der Waals surface area contributed by atoms with Crippen LogP contribution in [0.15, 0.2) is 48.7 Å². The van der Waals surface area contributed by atoms with E-state index in [2.05, 4.69) is 51.2 Å². The first-order valence-electron chi connectivity index (χ1n) is 7.26. The minimum Gasteiger partial charge on any atom is -0.369 e. The van der Waals surface area contributed by atoms with Gasteiger partial charge in [-0.25, -0.2) is 0 Å². The fourth-order valence-corrected chi connectivity index (χ4v) is 2.95. The van der Waals surface area contributed by atoms with Crippen LogP contribution >= 0.6 is 0 Å². The monoisotopic (exact) mass is 270 g/mol. The molecule has 1 aromatic carbocycles. The number of benzene rings is 1. The lowest BCUT2D eigenvalue weighted by atomic mass is 10.1. The van der Waals surface area contributed by atoms with Crippen LogP contribution in [0.5, 0.6) is 0 Å². The summed E-state index contributed by atoms with van der Waals surface area (Å²) in [7, 11) is 0. The van der Waals surface area contributed by atoms with Gasteiger partial charge in [-0.15, -0.1) is 0 Å². The largest absolute Gasteiger partial charge is 0.369 e. The standard InChI is InChI=1S/C16H22N4/c17-13-16(15-7-4-8-18-15)20-11-9-19(10-12-20)14-5-2-1-3-6-14/h1-8,16,18H,9-13,17H2. The molecule has 1 fully saturated rings. The van der Waals surface area contributed by atoms with E-state index in [1.807, 2.05) is 12.3 Å². The summed E-state index contributed by atoms with van der Waals surface area (Å²) in [5.41, 5.74) is 8.50. The fourth-order valence-electron chi connectivity index (χ4n) is 2.95. The van der Waals surface area contributed by atoms with Crippen molar-refractivity contribution in [2.45, 2.75) is 6.04 Å². The third-order valence-corrected chi connectivity index (χ3v) is 4.08. The van der Waals surface area contributed by atoms with E-state index >= 15 is 0 Å². The van der Waals surface area contributed by atoms with E-state index in [-0.39, 0.29) is 0 Å². The molecule has 1 aliphatic heterocycles. The van der Waals surface area contributed by atoms with Gasteiger partial charge in [-0.1, -0.05) is 18.2 Å². The molecular formula is C16H22N4. The average molecular weight is 270 g/mol. The van der Waals surface area contributed by atoms with E-state index in [4.69, 9.17) is 5.73 Å². The fraction of sp³-hybridized carbons (Fsp3) is 0.375. The molecule has 4 nitrogen and oxygen atoms in total. The number of para-hydroxylation sites is 1. The Balaban J connectivity index is 1.63. The molecule has 20 heavy (non-hydrogen) atoms. The third-order valence-electron chi connectivity index (χ3n) is 4.08. The Kier molecular flexibility index (Phi) is 4.04. The number of aromatic nitrogens is 1. The van der Waals surface area contributed by atoms with Gasteiger partial charge >= 0.3 is 0 Å². The average Bonchev–Trinajstić information content (AvgIpc) is 3.04. The van der Waals surface area contributed by atoms with Crippen molar-refractivity contribution in [1.29, 1.82) is 0 Å². The van der Waals surface area contributed by atoms with Gasteiger partial charge in [0, 0.05) is 50.3 Å². The molecular weight excluding hydrogens is 248 g/mol. The van der Waals surface area contributed by atoms with Crippen LogP contribution in [0.4, 0.5) is 5.69 Å². The summed E-state index contributed by atoms with van der Waals surface area (Å²) < 4.78 is 0. The molecule has 0 amide bonds. The molecule has 0 radical (unpaired) electrons. The number of rotatable bonds is 4. The van der Waals surface area contributed by atoms with Gasteiger partial charge in [-0.05, 0) is 24.3 Å². The predicted octanol–water partition coefficient (Wildman–Crippen LogP) is 1.84. The molecule has 1 saturated heterocycles. The van der Waals surface area contributed by atoms with Gasteiger partial charge in [-0.3, -0.25) is 4.90 Å². The van der Waals surface area contributed by atoms with Crippen LogP contribution in [-0.2, 0) is 0 Å². The molecule has 2 heterocycles. The molecule has 1 atom stereocenters. The quantitative estimate of drug-likeness (QED) is 0.891. The lowest BCUT2D eigenvalue weighted by molar-refractivity contribution is 0.187. The molecule has 1 aliphatic rings. The Morgan fingerprint density at radius 2 is 1.75 bits per heavy atom. The number of hydrogen-bond donors (Lipinski definition) is 2. The van der Waals surface area contributed by atoms with Crippen LogP contribution in [0.3, 0.4) is 0 Å². The molecule has 0 saturated carbocycles. The first-order chi connectivity index (χ1) is 9.88. The van der Waals surface area contributed by atoms with Gasteiger partial charge in [0.25, 0.3) is 0 Å². The van der Waals surface area contributed by atoms with Crippen molar-refractivity contribution in [2.75, 3.05) is 37.6 Å². The maximum atomic E-state index is 5.97. The summed E-state index contributed by atoms with van der Waals surface area (Å²) in [5, 5.41) is 0. The molecule has 2 aromatic rings. The zero-order valence-corrected chi connectivity index (χ0v) is 11.7. The number of nitrogens with two attached hydrogens (primary N) is 1. The first-order valence-corrected chi connectivity index (χ1v) is 7.26. The number of hydrogen-bond acceptors (Lipinski definition) is 3. The highest BCUT2D eigenvalue weighted by molar-refractivity contribution is 5.46. The topological polar surface area (TPSA) is 48.3 Å². The zero-order chi connectivity index (χ0) is 13.8. The number of nitrogens with zero attached hydrogens (tertiary/aromatic N) is 2. The minimum atomic E-state index is 0.308. The number of H-pyrrole nitrogens is 1. The van der Waals surface area contributed by atoms with E-state index in [9.17, 15) is 0 Å². The zero-order valence-electron chi connectivity index (χ0n) is 11.7. The number of aromatic amines is 1. The van der Waals surface area contributed by atoms with Crippen LogP contribution in [0.1, 0.15) is 11.7 Å². The Hall–Kier alpha value is -1.78. The summed E-state index contributed by atoms with van der Waals surface area (Å²) in [4.78, 5) is 8.21. The van der Waals surface area contributed by atoms with Gasteiger partial charge in [-0.2, -0.15) is 0 Å². The number of piperazine rings is 1. The molecule has 3 N–H and O–H groups in total.